The number of likely N-dealkylation sites (tertiary alicyclic amines) is 1. The number of likely N-dealkylation sites (N-methyl/N-ethyl adjacent to an activating group) is 1. The molecule has 0 N–H and O–H groups in total. The maximum atomic E-state index is 12.4. The number of esters is 1. The highest BCUT2D eigenvalue weighted by Crippen LogP contribution is 2.23. The van der Waals surface area contributed by atoms with E-state index < -0.39 is 0 Å². The van der Waals surface area contributed by atoms with Crippen LogP contribution in [-0.4, -0.2) is 55.0 Å². The molecule has 5 nitrogen and oxygen atoms in total. The van der Waals surface area contributed by atoms with Gasteiger partial charge in [-0.3, -0.25) is 14.5 Å². The van der Waals surface area contributed by atoms with Crippen molar-refractivity contribution < 1.29 is 14.3 Å². The van der Waals surface area contributed by atoms with Crippen LogP contribution in [-0.2, 0) is 20.9 Å². The fourth-order valence-corrected chi connectivity index (χ4v) is 3.88. The predicted octanol–water partition coefficient (Wildman–Crippen LogP) is 2.64. The number of carbonyl (C=O) groups excluding carboxylic acids is 2. The van der Waals surface area contributed by atoms with Gasteiger partial charge in [-0.15, -0.1) is 11.3 Å². The molecule has 1 aromatic rings. The number of piperidine rings is 1. The summed E-state index contributed by atoms with van der Waals surface area (Å²) in [6.07, 6.45) is 1.38. The zero-order valence-corrected chi connectivity index (χ0v) is 15.2. The van der Waals surface area contributed by atoms with Crippen molar-refractivity contribution in [2.45, 2.75) is 26.3 Å². The minimum Gasteiger partial charge on any atom is -0.466 e. The van der Waals surface area contributed by atoms with E-state index in [2.05, 4.69) is 0 Å². The molecule has 0 bridgehead atoms. The Morgan fingerprint density at radius 1 is 1.39 bits per heavy atom. The van der Waals surface area contributed by atoms with Gasteiger partial charge in [0.15, 0.2) is 0 Å². The lowest BCUT2D eigenvalue weighted by Gasteiger charge is -2.32. The third-order valence-corrected chi connectivity index (χ3v) is 5.14. The van der Waals surface area contributed by atoms with Crippen molar-refractivity contribution >= 4 is 34.8 Å². The summed E-state index contributed by atoms with van der Waals surface area (Å²) in [5.74, 6) is -0.0891. The van der Waals surface area contributed by atoms with Gasteiger partial charge in [-0.1, -0.05) is 11.6 Å². The second kappa shape index (κ2) is 8.66. The van der Waals surface area contributed by atoms with Gasteiger partial charge in [0.05, 0.1) is 23.4 Å². The van der Waals surface area contributed by atoms with Gasteiger partial charge in [0.1, 0.15) is 0 Å². The predicted molar refractivity (Wildman–Crippen MR) is 91.6 cm³/mol. The summed E-state index contributed by atoms with van der Waals surface area (Å²) < 4.78 is 5.81. The number of thiophene rings is 1. The first kappa shape index (κ1) is 18.2. The average Bonchev–Trinajstić information content (AvgIpc) is 2.92. The molecule has 0 spiro atoms. The van der Waals surface area contributed by atoms with Crippen LogP contribution in [0.4, 0.5) is 0 Å². The SMILES string of the molecule is CCOC(=O)C1CCN(C(=O)CN(C)Cc2ccc(Cl)s2)CC1. The lowest BCUT2D eigenvalue weighted by atomic mass is 9.97. The Morgan fingerprint density at radius 2 is 2.09 bits per heavy atom. The standard InChI is InChI=1S/C16H23ClN2O3S/c1-3-22-16(21)12-6-8-19(9-7-12)15(20)11-18(2)10-13-4-5-14(17)23-13/h4-5,12H,3,6-11H2,1-2H3. The van der Waals surface area contributed by atoms with E-state index in [1.54, 1.807) is 0 Å². The van der Waals surface area contributed by atoms with E-state index in [-0.39, 0.29) is 17.8 Å². The van der Waals surface area contributed by atoms with Gasteiger partial charge in [0.2, 0.25) is 5.91 Å². The minimum absolute atomic E-state index is 0.0648. The number of amides is 1. The Kier molecular flexibility index (Phi) is 6.87. The Hall–Kier alpha value is -1.11. The van der Waals surface area contributed by atoms with Gasteiger partial charge in [0.25, 0.3) is 0 Å². The van der Waals surface area contributed by atoms with Crippen LogP contribution in [0.3, 0.4) is 0 Å². The van der Waals surface area contributed by atoms with Crippen LogP contribution >= 0.6 is 22.9 Å². The number of nitrogens with zero attached hydrogens (tertiary/aromatic N) is 2. The molecule has 1 amide bonds. The Labute approximate surface area is 146 Å². The van der Waals surface area contributed by atoms with Crippen molar-refractivity contribution in [1.29, 1.82) is 0 Å². The van der Waals surface area contributed by atoms with E-state index in [4.69, 9.17) is 16.3 Å². The summed E-state index contributed by atoms with van der Waals surface area (Å²) in [4.78, 5) is 29.0. The van der Waals surface area contributed by atoms with Crippen molar-refractivity contribution in [2.24, 2.45) is 5.92 Å². The van der Waals surface area contributed by atoms with Crippen LogP contribution in [0.15, 0.2) is 12.1 Å². The largest absolute Gasteiger partial charge is 0.466 e. The molecule has 7 heteroatoms. The van der Waals surface area contributed by atoms with Crippen LogP contribution < -0.4 is 0 Å². The molecule has 0 atom stereocenters. The van der Waals surface area contributed by atoms with Crippen LogP contribution in [0, 0.1) is 5.92 Å². The summed E-state index contributed by atoms with van der Waals surface area (Å²) in [5.41, 5.74) is 0. The molecule has 1 fully saturated rings. The van der Waals surface area contributed by atoms with Crippen molar-refractivity contribution in [1.82, 2.24) is 9.80 Å². The molecule has 1 aliphatic heterocycles. The molecule has 1 aliphatic rings. The van der Waals surface area contributed by atoms with Gasteiger partial charge < -0.3 is 9.64 Å². The molecule has 0 aliphatic carbocycles. The van der Waals surface area contributed by atoms with Crippen molar-refractivity contribution in [3.05, 3.63) is 21.3 Å². The number of hydrogen-bond donors (Lipinski definition) is 0. The lowest BCUT2D eigenvalue weighted by molar-refractivity contribution is -0.151. The normalized spacial score (nSPS) is 15.9. The van der Waals surface area contributed by atoms with Gasteiger partial charge in [-0.25, -0.2) is 0 Å². The smallest absolute Gasteiger partial charge is 0.309 e. The molecule has 1 aromatic heterocycles. The third-order valence-electron chi connectivity index (χ3n) is 3.93. The van der Waals surface area contributed by atoms with Crippen LogP contribution in [0.2, 0.25) is 4.34 Å². The van der Waals surface area contributed by atoms with Crippen LogP contribution in [0.1, 0.15) is 24.6 Å². The Bertz CT molecular complexity index is 541. The first-order valence-corrected chi connectivity index (χ1v) is 9.06. The zero-order chi connectivity index (χ0) is 16.8. The maximum absolute atomic E-state index is 12.4. The van der Waals surface area contributed by atoms with E-state index in [1.165, 1.54) is 11.3 Å². The van der Waals surface area contributed by atoms with Gasteiger partial charge in [-0.2, -0.15) is 0 Å². The number of ether oxygens (including phenoxy) is 1. The second-order valence-electron chi connectivity index (χ2n) is 5.79. The second-order valence-corrected chi connectivity index (χ2v) is 7.58. The number of hydrogen-bond acceptors (Lipinski definition) is 5. The van der Waals surface area contributed by atoms with E-state index in [0.717, 1.165) is 9.21 Å². The fraction of sp³-hybridized carbons (Fsp3) is 0.625. The highest BCUT2D eigenvalue weighted by Gasteiger charge is 2.28. The van der Waals surface area contributed by atoms with Crippen molar-refractivity contribution in [3.8, 4) is 0 Å². The highest BCUT2D eigenvalue weighted by molar-refractivity contribution is 7.16. The summed E-state index contributed by atoms with van der Waals surface area (Å²) in [7, 11) is 1.93. The molecule has 0 unspecified atom stereocenters. The number of carbonyl (C=O) groups is 2. The van der Waals surface area contributed by atoms with Crippen LogP contribution in [0.25, 0.3) is 0 Å². The molecule has 0 saturated carbocycles. The molecule has 0 aromatic carbocycles. The molecular weight excluding hydrogens is 336 g/mol. The van der Waals surface area contributed by atoms with E-state index >= 15 is 0 Å². The van der Waals surface area contributed by atoms with Gasteiger partial charge >= 0.3 is 5.97 Å². The third kappa shape index (κ3) is 5.48. The quantitative estimate of drug-likeness (QED) is 0.733. The maximum Gasteiger partial charge on any atom is 0.309 e. The van der Waals surface area contributed by atoms with Crippen molar-refractivity contribution in [3.63, 3.8) is 0 Å². The van der Waals surface area contributed by atoms with Gasteiger partial charge in [-0.05, 0) is 38.9 Å². The highest BCUT2D eigenvalue weighted by atomic mass is 35.5. The molecular formula is C16H23ClN2O3S. The molecule has 0 radical (unpaired) electrons. The fourth-order valence-electron chi connectivity index (χ4n) is 2.71. The summed E-state index contributed by atoms with van der Waals surface area (Å²) in [5, 5.41) is 0. The monoisotopic (exact) mass is 358 g/mol. The molecule has 2 rings (SSSR count). The number of rotatable bonds is 6. The summed E-state index contributed by atoms with van der Waals surface area (Å²) >= 11 is 7.45. The summed E-state index contributed by atoms with van der Waals surface area (Å²) in [6, 6.07) is 3.86. The Morgan fingerprint density at radius 3 is 2.65 bits per heavy atom. The van der Waals surface area contributed by atoms with E-state index in [9.17, 15) is 9.59 Å². The summed E-state index contributed by atoms with van der Waals surface area (Å²) in [6.45, 7) is 4.56. The first-order chi connectivity index (χ1) is 11.0. The molecule has 128 valence electrons. The number of halogens is 1. The van der Waals surface area contributed by atoms with Crippen molar-refractivity contribution in [2.75, 3.05) is 33.3 Å². The molecule has 1 saturated heterocycles. The van der Waals surface area contributed by atoms with Crippen LogP contribution in [0.5, 0.6) is 0 Å². The minimum atomic E-state index is -0.133. The molecule has 23 heavy (non-hydrogen) atoms. The average molecular weight is 359 g/mol. The molecule has 2 heterocycles. The lowest BCUT2D eigenvalue weighted by Crippen LogP contribution is -2.44. The van der Waals surface area contributed by atoms with E-state index in [0.29, 0.717) is 45.6 Å². The van der Waals surface area contributed by atoms with E-state index in [1.807, 2.05) is 35.9 Å². The van der Waals surface area contributed by atoms with Gasteiger partial charge in [0, 0.05) is 24.5 Å². The zero-order valence-electron chi connectivity index (χ0n) is 13.6. The first-order valence-electron chi connectivity index (χ1n) is 7.86. The topological polar surface area (TPSA) is 49.9 Å². The Balaban J connectivity index is 1.75.